The van der Waals surface area contributed by atoms with E-state index in [9.17, 15) is 4.79 Å². The number of nitrogens with two attached hydrogens (primary N) is 1. The van der Waals surface area contributed by atoms with E-state index >= 15 is 0 Å². The molecule has 1 saturated heterocycles. The Morgan fingerprint density at radius 1 is 1.33 bits per heavy atom. The Kier molecular flexibility index (Phi) is 4.95. The van der Waals surface area contributed by atoms with E-state index in [0.717, 1.165) is 31.2 Å². The van der Waals surface area contributed by atoms with Crippen LogP contribution in [0.2, 0.25) is 0 Å². The average Bonchev–Trinajstić information content (AvgIpc) is 2.83. The van der Waals surface area contributed by atoms with Crippen molar-refractivity contribution in [2.45, 2.75) is 19.9 Å². The lowest BCUT2D eigenvalue weighted by atomic mass is 10.2. The molecule has 1 aliphatic rings. The molecule has 0 radical (unpaired) electrons. The molecule has 3 N–H and O–H groups in total. The Balaban J connectivity index is 2.22. The molecule has 0 spiro atoms. The number of amides is 1. The number of rotatable bonds is 4. The highest BCUT2D eigenvalue weighted by Crippen LogP contribution is 2.44. The second kappa shape index (κ2) is 6.53. The van der Waals surface area contributed by atoms with Crippen LogP contribution in [0, 0.1) is 0 Å². The molecule has 0 bridgehead atoms. The van der Waals surface area contributed by atoms with Gasteiger partial charge in [0.05, 0.1) is 7.11 Å². The van der Waals surface area contributed by atoms with Crippen LogP contribution in [-0.2, 0) is 0 Å². The van der Waals surface area contributed by atoms with Gasteiger partial charge in [-0.05, 0) is 13.8 Å². The number of ether oxygens (including phenoxy) is 1. The van der Waals surface area contributed by atoms with Gasteiger partial charge in [0.25, 0.3) is 5.91 Å². The molecule has 7 heteroatoms. The quantitative estimate of drug-likeness (QED) is 0.875. The van der Waals surface area contributed by atoms with Gasteiger partial charge in [0.2, 0.25) is 0 Å². The molecule has 0 saturated carbocycles. The number of piperazine rings is 1. The van der Waals surface area contributed by atoms with Crippen molar-refractivity contribution in [2.75, 3.05) is 51.0 Å². The van der Waals surface area contributed by atoms with Crippen LogP contribution < -0.4 is 20.7 Å². The molecule has 21 heavy (non-hydrogen) atoms. The molecule has 2 heterocycles. The minimum atomic E-state index is -0.164. The van der Waals surface area contributed by atoms with Gasteiger partial charge in [-0.1, -0.05) is 0 Å². The molecule has 0 aromatic carbocycles. The molecule has 1 aromatic heterocycles. The summed E-state index contributed by atoms with van der Waals surface area (Å²) in [5.41, 5.74) is 6.49. The number of carbonyl (C=O) groups is 1. The van der Waals surface area contributed by atoms with Gasteiger partial charge in [0, 0.05) is 39.3 Å². The molecule has 0 atom stereocenters. The summed E-state index contributed by atoms with van der Waals surface area (Å²) in [6, 6.07) is 0.559. The standard InChI is InChI=1S/C14H24N4O2S/c1-9(2)17-5-7-18(8-6-17)14-11(20-4)10(15)12(21-14)13(19)16-3/h9H,5-8,15H2,1-4H3,(H,16,19). The molecule has 1 aliphatic heterocycles. The van der Waals surface area contributed by atoms with Gasteiger partial charge >= 0.3 is 0 Å². The van der Waals surface area contributed by atoms with Crippen molar-refractivity contribution < 1.29 is 9.53 Å². The van der Waals surface area contributed by atoms with Crippen LogP contribution in [0.3, 0.4) is 0 Å². The zero-order valence-electron chi connectivity index (χ0n) is 13.1. The highest BCUT2D eigenvalue weighted by atomic mass is 32.1. The summed E-state index contributed by atoms with van der Waals surface area (Å²) in [6.45, 7) is 8.28. The maximum Gasteiger partial charge on any atom is 0.263 e. The summed E-state index contributed by atoms with van der Waals surface area (Å²) < 4.78 is 5.43. The fraction of sp³-hybridized carbons (Fsp3) is 0.643. The van der Waals surface area contributed by atoms with Gasteiger partial charge in [-0.15, -0.1) is 11.3 Å². The highest BCUT2D eigenvalue weighted by Gasteiger charge is 2.27. The van der Waals surface area contributed by atoms with Crippen molar-refractivity contribution in [3.8, 4) is 5.75 Å². The SMILES string of the molecule is CNC(=O)c1sc(N2CCN(C(C)C)CC2)c(OC)c1N. The van der Waals surface area contributed by atoms with E-state index in [0.29, 0.717) is 22.4 Å². The molecular weight excluding hydrogens is 288 g/mol. The molecule has 118 valence electrons. The highest BCUT2D eigenvalue weighted by molar-refractivity contribution is 7.19. The Morgan fingerprint density at radius 3 is 2.43 bits per heavy atom. The Labute approximate surface area is 129 Å². The topological polar surface area (TPSA) is 70.8 Å². The largest absolute Gasteiger partial charge is 0.492 e. The van der Waals surface area contributed by atoms with Gasteiger partial charge in [-0.2, -0.15) is 0 Å². The summed E-state index contributed by atoms with van der Waals surface area (Å²) in [5.74, 6) is 0.458. The lowest BCUT2D eigenvalue weighted by Crippen LogP contribution is -2.48. The second-order valence-corrected chi connectivity index (χ2v) is 6.38. The van der Waals surface area contributed by atoms with E-state index in [4.69, 9.17) is 10.5 Å². The lowest BCUT2D eigenvalue weighted by molar-refractivity contribution is 0.0967. The van der Waals surface area contributed by atoms with E-state index in [1.54, 1.807) is 14.2 Å². The smallest absolute Gasteiger partial charge is 0.263 e. The van der Waals surface area contributed by atoms with Gasteiger partial charge < -0.3 is 20.7 Å². The van der Waals surface area contributed by atoms with Crippen molar-refractivity contribution in [1.82, 2.24) is 10.2 Å². The number of nitrogen functional groups attached to an aromatic ring is 1. The predicted octanol–water partition coefficient (Wildman–Crippen LogP) is 1.23. The Morgan fingerprint density at radius 2 is 1.95 bits per heavy atom. The molecule has 1 aromatic rings. The van der Waals surface area contributed by atoms with Gasteiger partial charge in [-0.25, -0.2) is 0 Å². The van der Waals surface area contributed by atoms with Gasteiger partial charge in [0.1, 0.15) is 15.6 Å². The zero-order valence-corrected chi connectivity index (χ0v) is 13.9. The summed E-state index contributed by atoms with van der Waals surface area (Å²) in [4.78, 5) is 17.1. The van der Waals surface area contributed by atoms with E-state index in [-0.39, 0.29) is 5.91 Å². The number of thiophene rings is 1. The third-order valence-corrected chi connectivity index (χ3v) is 5.10. The monoisotopic (exact) mass is 312 g/mol. The Bertz CT molecular complexity index is 507. The number of methoxy groups -OCH3 is 1. The first kappa shape index (κ1) is 15.9. The van der Waals surface area contributed by atoms with E-state index < -0.39 is 0 Å². The third kappa shape index (κ3) is 3.08. The zero-order chi connectivity index (χ0) is 15.6. The maximum atomic E-state index is 11.9. The second-order valence-electron chi connectivity index (χ2n) is 5.38. The minimum Gasteiger partial charge on any atom is -0.492 e. The van der Waals surface area contributed by atoms with Crippen LogP contribution in [0.1, 0.15) is 23.5 Å². The first-order valence-corrected chi connectivity index (χ1v) is 7.98. The maximum absolute atomic E-state index is 11.9. The van der Waals surface area contributed by atoms with E-state index in [1.807, 2.05) is 0 Å². The van der Waals surface area contributed by atoms with Crippen LogP contribution in [0.5, 0.6) is 5.75 Å². The minimum absolute atomic E-state index is 0.164. The van der Waals surface area contributed by atoms with Gasteiger partial charge in [0.15, 0.2) is 5.75 Å². The number of hydrogen-bond acceptors (Lipinski definition) is 6. The van der Waals surface area contributed by atoms with Crippen molar-refractivity contribution in [1.29, 1.82) is 0 Å². The lowest BCUT2D eigenvalue weighted by Gasteiger charge is -2.37. The summed E-state index contributed by atoms with van der Waals surface area (Å²) in [5, 5.41) is 3.58. The van der Waals surface area contributed by atoms with E-state index in [2.05, 4.69) is 29.0 Å². The summed E-state index contributed by atoms with van der Waals surface area (Å²) >= 11 is 1.40. The van der Waals surface area contributed by atoms with E-state index in [1.165, 1.54) is 11.3 Å². The van der Waals surface area contributed by atoms with Crippen LogP contribution in [-0.4, -0.2) is 57.2 Å². The number of nitrogens with one attached hydrogen (secondary N) is 1. The molecule has 6 nitrogen and oxygen atoms in total. The van der Waals surface area contributed by atoms with Crippen molar-refractivity contribution >= 4 is 27.9 Å². The number of hydrogen-bond donors (Lipinski definition) is 2. The molecular formula is C14H24N4O2S. The van der Waals surface area contributed by atoms with Crippen LogP contribution >= 0.6 is 11.3 Å². The van der Waals surface area contributed by atoms with Crippen molar-refractivity contribution in [3.05, 3.63) is 4.88 Å². The van der Waals surface area contributed by atoms with Crippen molar-refractivity contribution in [3.63, 3.8) is 0 Å². The number of anilines is 2. The normalized spacial score (nSPS) is 16.3. The summed E-state index contributed by atoms with van der Waals surface area (Å²) in [6.07, 6.45) is 0. The molecule has 0 unspecified atom stereocenters. The molecule has 2 rings (SSSR count). The van der Waals surface area contributed by atoms with Crippen molar-refractivity contribution in [2.24, 2.45) is 0 Å². The molecule has 0 aliphatic carbocycles. The van der Waals surface area contributed by atoms with Gasteiger partial charge in [-0.3, -0.25) is 9.69 Å². The third-order valence-electron chi connectivity index (χ3n) is 3.85. The number of carbonyl (C=O) groups excluding carboxylic acids is 1. The molecule has 1 amide bonds. The molecule has 1 fully saturated rings. The fourth-order valence-corrected chi connectivity index (χ4v) is 3.73. The average molecular weight is 312 g/mol. The summed E-state index contributed by atoms with van der Waals surface area (Å²) in [7, 11) is 3.20. The predicted molar refractivity (Wildman–Crippen MR) is 87.6 cm³/mol. The van der Waals surface area contributed by atoms with Crippen LogP contribution in [0.25, 0.3) is 0 Å². The fourth-order valence-electron chi connectivity index (χ4n) is 2.55. The number of nitrogens with zero attached hydrogens (tertiary/aromatic N) is 2. The van der Waals surface area contributed by atoms with Crippen LogP contribution in [0.4, 0.5) is 10.7 Å². The first-order valence-electron chi connectivity index (χ1n) is 7.16. The van der Waals surface area contributed by atoms with Crippen LogP contribution in [0.15, 0.2) is 0 Å². The first-order chi connectivity index (χ1) is 9.99. The Hall–Kier alpha value is -1.47.